The summed E-state index contributed by atoms with van der Waals surface area (Å²) in [5.41, 5.74) is 1.33. The number of hydrogen-bond acceptors (Lipinski definition) is 3. The van der Waals surface area contributed by atoms with E-state index in [1.54, 1.807) is 0 Å². The third kappa shape index (κ3) is 6.87. The quantitative estimate of drug-likeness (QED) is 0.407. The Morgan fingerprint density at radius 1 is 1.80 bits per heavy atom. The highest BCUT2D eigenvalue weighted by Gasteiger charge is 1.96. The molecule has 58 valence electrons. The molecule has 1 heterocycles. The summed E-state index contributed by atoms with van der Waals surface area (Å²) in [6.45, 7) is 3.17. The zero-order valence-electron chi connectivity index (χ0n) is 5.78. The maximum Gasteiger partial charge on any atom is 0.291 e. The Morgan fingerprint density at radius 2 is 2.30 bits per heavy atom. The van der Waals surface area contributed by atoms with Crippen LogP contribution in [0.1, 0.15) is 19.8 Å². The van der Waals surface area contributed by atoms with Gasteiger partial charge in [0.25, 0.3) is 5.09 Å². The van der Waals surface area contributed by atoms with Crippen molar-refractivity contribution in [3.8, 4) is 0 Å². The summed E-state index contributed by atoms with van der Waals surface area (Å²) < 4.78 is 0. The molecule has 5 nitrogen and oxygen atoms in total. The second kappa shape index (κ2) is 4.72. The highest BCUT2D eigenvalue weighted by atomic mass is 16.9. The molecular formula is C5H10N2O3. The lowest BCUT2D eigenvalue weighted by atomic mass is 10.3. The summed E-state index contributed by atoms with van der Waals surface area (Å²) in [4.78, 5) is 12.5. The van der Waals surface area contributed by atoms with Gasteiger partial charge in [-0.1, -0.05) is 0 Å². The minimum atomic E-state index is -1.50. The van der Waals surface area contributed by atoms with Gasteiger partial charge in [-0.05, 0) is 19.8 Å². The van der Waals surface area contributed by atoms with E-state index < -0.39 is 5.09 Å². The molecule has 0 fully saturated rings. The summed E-state index contributed by atoms with van der Waals surface area (Å²) in [6.07, 6.45) is 2.52. The molecule has 0 aromatic carbocycles. The Kier molecular flexibility index (Phi) is 4.19. The van der Waals surface area contributed by atoms with Crippen molar-refractivity contribution >= 4 is 5.71 Å². The Hall–Kier alpha value is -1.13. The molecule has 0 amide bonds. The first-order valence-corrected chi connectivity index (χ1v) is 2.96. The van der Waals surface area contributed by atoms with E-state index in [-0.39, 0.29) is 0 Å². The van der Waals surface area contributed by atoms with Gasteiger partial charge in [0, 0.05) is 12.3 Å². The van der Waals surface area contributed by atoms with E-state index in [2.05, 4.69) is 11.9 Å². The fourth-order valence-electron chi connectivity index (χ4n) is 0.684. The number of nitrogens with zero attached hydrogens (tertiary/aromatic N) is 2. The van der Waals surface area contributed by atoms with Crippen molar-refractivity contribution in [1.29, 1.82) is 0 Å². The second-order valence-corrected chi connectivity index (χ2v) is 1.96. The van der Waals surface area contributed by atoms with E-state index in [1.165, 1.54) is 18.6 Å². The van der Waals surface area contributed by atoms with Crippen LogP contribution in [-0.2, 0) is 0 Å². The molecule has 1 aliphatic heterocycles. The van der Waals surface area contributed by atoms with Crippen LogP contribution in [0.3, 0.4) is 0 Å². The van der Waals surface area contributed by atoms with Gasteiger partial charge in [-0.2, -0.15) is 0 Å². The molecule has 1 rings (SSSR count). The molecule has 0 radical (unpaired) electrons. The van der Waals surface area contributed by atoms with Crippen LogP contribution in [0.15, 0.2) is 4.99 Å². The topological polar surface area (TPSA) is 75.7 Å². The molecule has 0 saturated carbocycles. The maximum absolute atomic E-state index is 8.36. The normalized spacial score (nSPS) is 15.1. The standard InChI is InChI=1S/C5H9N.HNO3/c1-5-3-2-4-6-5;2-1(3)4/h2-4H2,1H3;(H,2,3,4). The molecule has 0 saturated heterocycles. The summed E-state index contributed by atoms with van der Waals surface area (Å²) in [5, 5.41) is 13.6. The van der Waals surface area contributed by atoms with Crippen molar-refractivity contribution < 1.29 is 10.3 Å². The van der Waals surface area contributed by atoms with Crippen LogP contribution in [0.25, 0.3) is 0 Å². The van der Waals surface area contributed by atoms with E-state index >= 15 is 0 Å². The predicted molar refractivity (Wildman–Crippen MR) is 36.0 cm³/mol. The van der Waals surface area contributed by atoms with Crippen LogP contribution in [0.4, 0.5) is 0 Å². The molecular weight excluding hydrogens is 136 g/mol. The van der Waals surface area contributed by atoms with E-state index in [1.807, 2.05) is 0 Å². The van der Waals surface area contributed by atoms with Crippen LogP contribution in [-0.4, -0.2) is 22.6 Å². The lowest BCUT2D eigenvalue weighted by Crippen LogP contribution is -1.81. The third-order valence-electron chi connectivity index (χ3n) is 1.08. The molecule has 1 N–H and O–H groups in total. The summed E-state index contributed by atoms with van der Waals surface area (Å²) in [5.74, 6) is 0. The number of rotatable bonds is 0. The molecule has 0 unspecified atom stereocenters. The number of hydrogen-bond donors (Lipinski definition) is 1. The van der Waals surface area contributed by atoms with Crippen molar-refractivity contribution in [2.45, 2.75) is 19.8 Å². The smallest absolute Gasteiger partial charge is 0.291 e. The molecule has 0 aromatic heterocycles. The Bertz CT molecular complexity index is 140. The minimum Gasteiger partial charge on any atom is -0.328 e. The van der Waals surface area contributed by atoms with Gasteiger partial charge < -0.3 is 5.21 Å². The average molecular weight is 146 g/mol. The predicted octanol–water partition coefficient (Wildman–Crippen LogP) is 0.893. The van der Waals surface area contributed by atoms with Gasteiger partial charge in [0.1, 0.15) is 0 Å². The van der Waals surface area contributed by atoms with Gasteiger partial charge in [-0.15, -0.1) is 10.1 Å². The SMILES string of the molecule is CC1=NCCC1.O=[N+]([O-])O. The molecule has 0 aromatic rings. The summed E-state index contributed by atoms with van der Waals surface area (Å²) in [6, 6.07) is 0. The largest absolute Gasteiger partial charge is 0.328 e. The fraction of sp³-hybridized carbons (Fsp3) is 0.800. The molecule has 0 spiro atoms. The van der Waals surface area contributed by atoms with E-state index in [0.717, 1.165) is 6.54 Å². The summed E-state index contributed by atoms with van der Waals surface area (Å²) >= 11 is 0. The van der Waals surface area contributed by atoms with Crippen molar-refractivity contribution in [2.24, 2.45) is 4.99 Å². The van der Waals surface area contributed by atoms with Gasteiger partial charge >= 0.3 is 0 Å². The van der Waals surface area contributed by atoms with Crippen LogP contribution >= 0.6 is 0 Å². The monoisotopic (exact) mass is 146 g/mol. The van der Waals surface area contributed by atoms with Gasteiger partial charge in [-0.3, -0.25) is 4.99 Å². The Balaban J connectivity index is 0.000000180. The lowest BCUT2D eigenvalue weighted by molar-refractivity contribution is -0.742. The lowest BCUT2D eigenvalue weighted by Gasteiger charge is -1.76. The number of aliphatic imine (C=N–C) groups is 1. The first-order chi connectivity index (χ1) is 4.63. The molecule has 10 heavy (non-hydrogen) atoms. The van der Waals surface area contributed by atoms with Gasteiger partial charge in [0.15, 0.2) is 0 Å². The zero-order valence-corrected chi connectivity index (χ0v) is 5.78. The average Bonchev–Trinajstić information content (AvgIpc) is 2.15. The van der Waals surface area contributed by atoms with E-state index in [0.29, 0.717) is 0 Å². The minimum absolute atomic E-state index is 1.08. The molecule has 0 bridgehead atoms. The van der Waals surface area contributed by atoms with Crippen molar-refractivity contribution in [2.75, 3.05) is 6.54 Å². The molecule has 5 heteroatoms. The second-order valence-electron chi connectivity index (χ2n) is 1.96. The molecule has 0 aliphatic carbocycles. The molecule has 0 atom stereocenters. The van der Waals surface area contributed by atoms with Crippen molar-refractivity contribution in [3.05, 3.63) is 10.1 Å². The first-order valence-electron chi connectivity index (χ1n) is 2.96. The highest BCUT2D eigenvalue weighted by molar-refractivity contribution is 5.83. The molecule has 1 aliphatic rings. The Morgan fingerprint density at radius 3 is 2.40 bits per heavy atom. The Labute approximate surface area is 58.5 Å². The first kappa shape index (κ1) is 8.87. The highest BCUT2D eigenvalue weighted by Crippen LogP contribution is 2.00. The van der Waals surface area contributed by atoms with Gasteiger partial charge in [-0.25, -0.2) is 0 Å². The van der Waals surface area contributed by atoms with E-state index in [4.69, 9.17) is 15.3 Å². The maximum atomic E-state index is 8.36. The van der Waals surface area contributed by atoms with Crippen LogP contribution < -0.4 is 0 Å². The van der Waals surface area contributed by atoms with Crippen LogP contribution in [0.5, 0.6) is 0 Å². The summed E-state index contributed by atoms with van der Waals surface area (Å²) in [7, 11) is 0. The fourth-order valence-corrected chi connectivity index (χ4v) is 0.684. The zero-order chi connectivity index (χ0) is 7.98. The van der Waals surface area contributed by atoms with Crippen LogP contribution in [0.2, 0.25) is 0 Å². The third-order valence-corrected chi connectivity index (χ3v) is 1.08. The van der Waals surface area contributed by atoms with Gasteiger partial charge in [0.05, 0.1) is 0 Å². The van der Waals surface area contributed by atoms with E-state index in [9.17, 15) is 0 Å². The van der Waals surface area contributed by atoms with Crippen LogP contribution in [0, 0.1) is 10.1 Å². The van der Waals surface area contributed by atoms with Crippen molar-refractivity contribution in [3.63, 3.8) is 0 Å². The van der Waals surface area contributed by atoms with Gasteiger partial charge in [0.2, 0.25) is 0 Å². The van der Waals surface area contributed by atoms with Crippen molar-refractivity contribution in [1.82, 2.24) is 0 Å².